The zero-order valence-electron chi connectivity index (χ0n) is 15.5. The van der Waals surface area contributed by atoms with Gasteiger partial charge in [0.05, 0.1) is 6.54 Å². The first-order valence-corrected chi connectivity index (χ1v) is 9.59. The fraction of sp³-hybridized carbons (Fsp3) is 0.684. The van der Waals surface area contributed by atoms with Crippen molar-refractivity contribution in [3.8, 4) is 5.88 Å². The Morgan fingerprint density at radius 2 is 2.12 bits per heavy atom. The van der Waals surface area contributed by atoms with E-state index in [1.807, 2.05) is 25.2 Å². The number of halogens is 1. The van der Waals surface area contributed by atoms with Crippen LogP contribution in [-0.4, -0.2) is 72.7 Å². The third kappa shape index (κ3) is 5.00. The number of rotatable bonds is 5. The van der Waals surface area contributed by atoms with E-state index >= 15 is 0 Å². The van der Waals surface area contributed by atoms with Crippen molar-refractivity contribution in [2.24, 2.45) is 10.9 Å². The molecule has 0 bridgehead atoms. The van der Waals surface area contributed by atoms with Crippen molar-refractivity contribution in [2.75, 3.05) is 39.8 Å². The van der Waals surface area contributed by atoms with Crippen LogP contribution in [0.5, 0.6) is 5.88 Å². The Balaban J connectivity index is 0.00000196. The lowest BCUT2D eigenvalue weighted by molar-refractivity contribution is 0.205. The summed E-state index contributed by atoms with van der Waals surface area (Å²) in [6.45, 7) is 5.41. The average molecular weight is 471 g/mol. The normalized spacial score (nSPS) is 26.7. The molecule has 144 valence electrons. The highest BCUT2D eigenvalue weighted by Crippen LogP contribution is 2.31. The van der Waals surface area contributed by atoms with Crippen LogP contribution >= 0.6 is 24.0 Å². The van der Waals surface area contributed by atoms with E-state index in [4.69, 9.17) is 4.74 Å². The molecule has 2 unspecified atom stereocenters. The summed E-state index contributed by atoms with van der Waals surface area (Å²) in [4.78, 5) is 13.7. The molecule has 0 spiro atoms. The topological polar surface area (TPSA) is 53.0 Å². The number of hydrogen-bond donors (Lipinski definition) is 1. The van der Waals surface area contributed by atoms with Crippen LogP contribution in [0.15, 0.2) is 29.4 Å². The lowest BCUT2D eigenvalue weighted by Gasteiger charge is -2.23. The lowest BCUT2D eigenvalue weighted by atomic mass is 10.1. The molecule has 2 atom stereocenters. The molecule has 0 radical (unpaired) electrons. The molecule has 2 saturated heterocycles. The molecule has 7 heteroatoms. The van der Waals surface area contributed by atoms with Gasteiger partial charge >= 0.3 is 0 Å². The molecular formula is C19H30IN5O. The first-order valence-electron chi connectivity index (χ1n) is 9.59. The van der Waals surface area contributed by atoms with Crippen LogP contribution in [0.3, 0.4) is 0 Å². The number of aromatic nitrogens is 1. The van der Waals surface area contributed by atoms with Crippen molar-refractivity contribution in [2.45, 2.75) is 37.8 Å². The number of aliphatic imine (C=N–C) groups is 1. The Kier molecular flexibility index (Phi) is 6.97. The van der Waals surface area contributed by atoms with E-state index < -0.39 is 0 Å². The van der Waals surface area contributed by atoms with E-state index in [2.05, 4.69) is 25.1 Å². The zero-order valence-corrected chi connectivity index (χ0v) is 17.8. The summed E-state index contributed by atoms with van der Waals surface area (Å²) in [6, 6.07) is 6.68. The number of guanidine groups is 1. The SMILES string of the molecule is CN=C(NCC1CCN(C2CC2)C1)N1CCC(Oc2ccccn2)C1.I. The first kappa shape index (κ1) is 19.7. The van der Waals surface area contributed by atoms with Gasteiger partial charge in [0.15, 0.2) is 5.96 Å². The second kappa shape index (κ2) is 9.21. The van der Waals surface area contributed by atoms with Crippen LogP contribution in [0.4, 0.5) is 0 Å². The Labute approximate surface area is 173 Å². The molecular weight excluding hydrogens is 441 g/mol. The number of hydrogen-bond acceptors (Lipinski definition) is 4. The molecule has 1 N–H and O–H groups in total. The van der Waals surface area contributed by atoms with Gasteiger partial charge in [0.25, 0.3) is 0 Å². The average Bonchev–Trinajstić information content (AvgIpc) is 3.21. The van der Waals surface area contributed by atoms with Crippen LogP contribution in [0.25, 0.3) is 0 Å². The van der Waals surface area contributed by atoms with Gasteiger partial charge in [-0.15, -0.1) is 24.0 Å². The summed E-state index contributed by atoms with van der Waals surface area (Å²) in [5.74, 6) is 2.47. The Morgan fingerprint density at radius 1 is 1.23 bits per heavy atom. The number of nitrogens with zero attached hydrogens (tertiary/aromatic N) is 4. The summed E-state index contributed by atoms with van der Waals surface area (Å²) >= 11 is 0. The van der Waals surface area contributed by atoms with Crippen molar-refractivity contribution < 1.29 is 4.74 Å². The Morgan fingerprint density at radius 3 is 2.85 bits per heavy atom. The highest BCUT2D eigenvalue weighted by atomic mass is 127. The quantitative estimate of drug-likeness (QED) is 0.406. The van der Waals surface area contributed by atoms with Gasteiger partial charge in [0.2, 0.25) is 5.88 Å². The smallest absolute Gasteiger partial charge is 0.213 e. The number of ether oxygens (including phenoxy) is 1. The monoisotopic (exact) mass is 471 g/mol. The molecule has 26 heavy (non-hydrogen) atoms. The summed E-state index contributed by atoms with van der Waals surface area (Å²) in [6.07, 6.45) is 7.10. The van der Waals surface area contributed by atoms with Crippen molar-refractivity contribution in [1.29, 1.82) is 0 Å². The fourth-order valence-electron chi connectivity index (χ4n) is 3.97. The Hall–Kier alpha value is -1.09. The van der Waals surface area contributed by atoms with Gasteiger partial charge in [-0.25, -0.2) is 4.98 Å². The zero-order chi connectivity index (χ0) is 17.1. The molecule has 0 amide bonds. The van der Waals surface area contributed by atoms with Crippen LogP contribution < -0.4 is 10.1 Å². The van der Waals surface area contributed by atoms with E-state index in [9.17, 15) is 0 Å². The van der Waals surface area contributed by atoms with Gasteiger partial charge in [-0.1, -0.05) is 6.07 Å². The molecule has 1 aromatic heterocycles. The molecule has 4 rings (SSSR count). The van der Waals surface area contributed by atoms with Gasteiger partial charge in [-0.2, -0.15) is 0 Å². The molecule has 6 nitrogen and oxygen atoms in total. The lowest BCUT2D eigenvalue weighted by Crippen LogP contribution is -2.43. The molecule has 2 aliphatic heterocycles. The summed E-state index contributed by atoms with van der Waals surface area (Å²) in [7, 11) is 1.88. The van der Waals surface area contributed by atoms with Crippen LogP contribution in [0.1, 0.15) is 25.7 Å². The van der Waals surface area contributed by atoms with Crippen LogP contribution in [0.2, 0.25) is 0 Å². The van der Waals surface area contributed by atoms with Crippen molar-refractivity contribution in [3.05, 3.63) is 24.4 Å². The van der Waals surface area contributed by atoms with Crippen molar-refractivity contribution in [1.82, 2.24) is 20.1 Å². The summed E-state index contributed by atoms with van der Waals surface area (Å²) in [5, 5.41) is 3.60. The van der Waals surface area contributed by atoms with Crippen LogP contribution in [0, 0.1) is 5.92 Å². The maximum Gasteiger partial charge on any atom is 0.213 e. The van der Waals surface area contributed by atoms with E-state index in [0.29, 0.717) is 5.88 Å². The predicted molar refractivity (Wildman–Crippen MR) is 114 cm³/mol. The summed E-state index contributed by atoms with van der Waals surface area (Å²) < 4.78 is 5.98. The number of likely N-dealkylation sites (tertiary alicyclic amines) is 2. The van der Waals surface area contributed by atoms with Gasteiger partial charge in [-0.05, 0) is 37.8 Å². The molecule has 3 aliphatic rings. The number of pyridine rings is 1. The number of nitrogens with one attached hydrogen (secondary N) is 1. The minimum atomic E-state index is 0. The molecule has 1 aliphatic carbocycles. The van der Waals surface area contributed by atoms with Gasteiger partial charge in [-0.3, -0.25) is 4.99 Å². The standard InChI is InChI=1S/C19H29N5O.HI/c1-20-19(22-12-15-7-10-23(13-15)16-5-6-16)24-11-8-17(14-24)25-18-4-2-3-9-21-18;/h2-4,9,15-17H,5-8,10-14H2,1H3,(H,20,22);1H. The van der Waals surface area contributed by atoms with Gasteiger partial charge in [0.1, 0.15) is 6.10 Å². The van der Waals surface area contributed by atoms with E-state index in [1.165, 1.54) is 32.4 Å². The maximum atomic E-state index is 5.98. The van der Waals surface area contributed by atoms with E-state index in [1.54, 1.807) is 6.20 Å². The van der Waals surface area contributed by atoms with Crippen LogP contribution in [-0.2, 0) is 0 Å². The minimum absolute atomic E-state index is 0. The first-order chi connectivity index (χ1) is 12.3. The molecule has 1 aromatic rings. The molecule has 3 fully saturated rings. The van der Waals surface area contributed by atoms with Gasteiger partial charge < -0.3 is 19.9 Å². The third-order valence-corrected chi connectivity index (χ3v) is 5.51. The van der Waals surface area contributed by atoms with Crippen molar-refractivity contribution in [3.63, 3.8) is 0 Å². The second-order valence-corrected chi connectivity index (χ2v) is 7.45. The Bertz CT molecular complexity index is 595. The van der Waals surface area contributed by atoms with Crippen molar-refractivity contribution >= 4 is 29.9 Å². The summed E-state index contributed by atoms with van der Waals surface area (Å²) in [5.41, 5.74) is 0. The van der Waals surface area contributed by atoms with E-state index in [0.717, 1.165) is 44.0 Å². The highest BCUT2D eigenvalue weighted by molar-refractivity contribution is 14.0. The third-order valence-electron chi connectivity index (χ3n) is 5.51. The fourth-order valence-corrected chi connectivity index (χ4v) is 3.97. The molecule has 3 heterocycles. The highest BCUT2D eigenvalue weighted by Gasteiger charge is 2.34. The minimum Gasteiger partial charge on any atom is -0.472 e. The molecule has 0 aromatic carbocycles. The second-order valence-electron chi connectivity index (χ2n) is 7.45. The predicted octanol–water partition coefficient (Wildman–Crippen LogP) is 2.21. The van der Waals surface area contributed by atoms with Gasteiger partial charge in [0, 0.05) is 51.4 Å². The van der Waals surface area contributed by atoms with E-state index in [-0.39, 0.29) is 30.1 Å². The largest absolute Gasteiger partial charge is 0.472 e. The molecule has 1 saturated carbocycles. The maximum absolute atomic E-state index is 5.98.